The van der Waals surface area contributed by atoms with Crippen LogP contribution in [0.5, 0.6) is 11.5 Å². The fourth-order valence-corrected chi connectivity index (χ4v) is 4.07. The summed E-state index contributed by atoms with van der Waals surface area (Å²) in [6.07, 6.45) is 3.79. The van der Waals surface area contributed by atoms with Crippen LogP contribution in [0.4, 0.5) is 0 Å². The van der Waals surface area contributed by atoms with Crippen LogP contribution in [-0.4, -0.2) is 12.2 Å². The molecule has 1 aliphatic carbocycles. The highest BCUT2D eigenvalue weighted by molar-refractivity contribution is 7.12. The summed E-state index contributed by atoms with van der Waals surface area (Å²) in [5, 5.41) is 13.6. The third-order valence-electron chi connectivity index (χ3n) is 4.08. The molecule has 1 unspecified atom stereocenters. The molecule has 3 rings (SSSR count). The number of benzene rings is 1. The van der Waals surface area contributed by atoms with Gasteiger partial charge in [-0.1, -0.05) is 6.07 Å². The number of aromatic hydroxyl groups is 1. The Hall–Kier alpha value is -1.52. The van der Waals surface area contributed by atoms with E-state index in [0.29, 0.717) is 5.75 Å². The zero-order valence-corrected chi connectivity index (χ0v) is 13.3. The number of rotatable bonds is 5. The van der Waals surface area contributed by atoms with E-state index in [1.807, 2.05) is 23.5 Å². The number of ether oxygens (including phenoxy) is 1. The van der Waals surface area contributed by atoms with E-state index in [1.165, 1.54) is 29.7 Å². The molecule has 0 aliphatic heterocycles. The first kappa shape index (κ1) is 14.4. The van der Waals surface area contributed by atoms with Crippen molar-refractivity contribution in [2.24, 2.45) is 0 Å². The molecule has 0 bridgehead atoms. The Morgan fingerprint density at radius 3 is 2.90 bits per heavy atom. The zero-order chi connectivity index (χ0) is 14.8. The maximum absolute atomic E-state index is 10.1. The van der Waals surface area contributed by atoms with Crippen LogP contribution in [0, 0.1) is 0 Å². The number of methoxy groups -OCH3 is 1. The standard InChI is InChI=1S/C17H21NO2S/c1-11(15-7-6-13(20-2)9-16(15)19)18-10-14-8-12-4-3-5-17(12)21-14/h6-9,11,18-19H,3-5,10H2,1-2H3. The molecule has 21 heavy (non-hydrogen) atoms. The maximum Gasteiger partial charge on any atom is 0.124 e. The van der Waals surface area contributed by atoms with Gasteiger partial charge >= 0.3 is 0 Å². The molecule has 0 amide bonds. The lowest BCUT2D eigenvalue weighted by Gasteiger charge is -2.15. The fraction of sp³-hybridized carbons (Fsp3) is 0.412. The number of fused-ring (bicyclic) bond motifs is 1. The van der Waals surface area contributed by atoms with Crippen molar-refractivity contribution in [3.05, 3.63) is 45.1 Å². The van der Waals surface area contributed by atoms with Crippen LogP contribution in [0.25, 0.3) is 0 Å². The first-order chi connectivity index (χ1) is 10.2. The highest BCUT2D eigenvalue weighted by Gasteiger charge is 2.16. The van der Waals surface area contributed by atoms with Gasteiger partial charge in [0.2, 0.25) is 0 Å². The van der Waals surface area contributed by atoms with E-state index in [9.17, 15) is 5.11 Å². The van der Waals surface area contributed by atoms with Crippen molar-refractivity contribution in [3.8, 4) is 11.5 Å². The minimum absolute atomic E-state index is 0.104. The molecular weight excluding hydrogens is 282 g/mol. The fourth-order valence-electron chi connectivity index (χ4n) is 2.86. The van der Waals surface area contributed by atoms with Gasteiger partial charge in [0, 0.05) is 34.0 Å². The number of hydrogen-bond donors (Lipinski definition) is 2. The summed E-state index contributed by atoms with van der Waals surface area (Å²) >= 11 is 1.92. The molecule has 1 heterocycles. The van der Waals surface area contributed by atoms with Gasteiger partial charge in [-0.05, 0) is 43.9 Å². The van der Waals surface area contributed by atoms with Gasteiger partial charge in [0.05, 0.1) is 7.11 Å². The second-order valence-electron chi connectivity index (χ2n) is 5.54. The van der Waals surface area contributed by atoms with Crippen molar-refractivity contribution in [3.63, 3.8) is 0 Å². The van der Waals surface area contributed by atoms with Crippen LogP contribution < -0.4 is 10.1 Å². The summed E-state index contributed by atoms with van der Waals surface area (Å²) in [6, 6.07) is 7.90. The summed E-state index contributed by atoms with van der Waals surface area (Å²) < 4.78 is 5.12. The minimum atomic E-state index is 0.104. The molecule has 0 saturated heterocycles. The molecule has 2 N–H and O–H groups in total. The molecule has 0 radical (unpaired) electrons. The molecule has 0 spiro atoms. The van der Waals surface area contributed by atoms with Crippen LogP contribution in [-0.2, 0) is 19.4 Å². The molecule has 1 aromatic heterocycles. The Morgan fingerprint density at radius 2 is 2.19 bits per heavy atom. The number of phenols is 1. The normalized spacial score (nSPS) is 15.0. The summed E-state index contributed by atoms with van der Waals surface area (Å²) in [7, 11) is 1.60. The quantitative estimate of drug-likeness (QED) is 0.882. The number of aryl methyl sites for hydroxylation is 2. The van der Waals surface area contributed by atoms with Crippen LogP contribution >= 0.6 is 11.3 Å². The largest absolute Gasteiger partial charge is 0.507 e. The van der Waals surface area contributed by atoms with E-state index in [4.69, 9.17) is 4.74 Å². The number of phenolic OH excluding ortho intramolecular Hbond substituents is 1. The lowest BCUT2D eigenvalue weighted by atomic mass is 10.1. The van der Waals surface area contributed by atoms with Crippen molar-refractivity contribution >= 4 is 11.3 Å². The van der Waals surface area contributed by atoms with E-state index in [0.717, 1.165) is 12.1 Å². The molecular formula is C17H21NO2S. The van der Waals surface area contributed by atoms with E-state index in [2.05, 4.69) is 18.3 Å². The second-order valence-corrected chi connectivity index (χ2v) is 6.76. The SMILES string of the molecule is COc1ccc(C(C)NCc2cc3c(s2)CCC3)c(O)c1. The number of thiophene rings is 1. The van der Waals surface area contributed by atoms with E-state index in [1.54, 1.807) is 18.1 Å². The second kappa shape index (κ2) is 6.08. The Labute approximate surface area is 129 Å². The molecule has 4 heteroatoms. The molecule has 2 aromatic rings. The highest BCUT2D eigenvalue weighted by Crippen LogP contribution is 2.32. The zero-order valence-electron chi connectivity index (χ0n) is 12.5. The first-order valence-corrected chi connectivity index (χ1v) is 8.20. The van der Waals surface area contributed by atoms with Gasteiger partial charge in [-0.25, -0.2) is 0 Å². The number of nitrogens with one attached hydrogen (secondary N) is 1. The van der Waals surface area contributed by atoms with Crippen molar-refractivity contribution in [1.82, 2.24) is 5.32 Å². The molecule has 3 nitrogen and oxygen atoms in total. The average Bonchev–Trinajstić information content (AvgIpc) is 3.05. The predicted molar refractivity (Wildman–Crippen MR) is 86.3 cm³/mol. The molecule has 1 aromatic carbocycles. The topological polar surface area (TPSA) is 41.5 Å². The van der Waals surface area contributed by atoms with Gasteiger partial charge in [0.15, 0.2) is 0 Å². The lowest BCUT2D eigenvalue weighted by molar-refractivity contribution is 0.404. The van der Waals surface area contributed by atoms with Crippen molar-refractivity contribution < 1.29 is 9.84 Å². The molecule has 1 atom stereocenters. The number of hydrogen-bond acceptors (Lipinski definition) is 4. The Morgan fingerprint density at radius 1 is 1.33 bits per heavy atom. The van der Waals surface area contributed by atoms with Gasteiger partial charge in [0.25, 0.3) is 0 Å². The van der Waals surface area contributed by atoms with Crippen LogP contribution in [0.1, 0.15) is 40.3 Å². The Kier molecular flexibility index (Phi) is 4.17. The summed E-state index contributed by atoms with van der Waals surface area (Å²) in [5.41, 5.74) is 2.44. The summed E-state index contributed by atoms with van der Waals surface area (Å²) in [6.45, 7) is 2.92. The average molecular weight is 303 g/mol. The molecule has 112 valence electrons. The van der Waals surface area contributed by atoms with Gasteiger partial charge in [-0.15, -0.1) is 11.3 Å². The summed E-state index contributed by atoms with van der Waals surface area (Å²) in [5.74, 6) is 0.959. The lowest BCUT2D eigenvalue weighted by Crippen LogP contribution is -2.17. The van der Waals surface area contributed by atoms with E-state index >= 15 is 0 Å². The monoisotopic (exact) mass is 303 g/mol. The first-order valence-electron chi connectivity index (χ1n) is 7.38. The Bertz CT molecular complexity index is 614. The van der Waals surface area contributed by atoms with Crippen molar-refractivity contribution in [1.29, 1.82) is 0 Å². The van der Waals surface area contributed by atoms with Crippen LogP contribution in [0.3, 0.4) is 0 Å². The highest BCUT2D eigenvalue weighted by atomic mass is 32.1. The van der Waals surface area contributed by atoms with Crippen LogP contribution in [0.15, 0.2) is 24.3 Å². The third-order valence-corrected chi connectivity index (χ3v) is 5.32. The van der Waals surface area contributed by atoms with E-state index in [-0.39, 0.29) is 11.8 Å². The Balaban J connectivity index is 1.64. The van der Waals surface area contributed by atoms with Gasteiger partial charge < -0.3 is 15.2 Å². The molecule has 0 saturated carbocycles. The molecule has 0 fully saturated rings. The summed E-state index contributed by atoms with van der Waals surface area (Å²) in [4.78, 5) is 2.95. The van der Waals surface area contributed by atoms with Crippen LogP contribution in [0.2, 0.25) is 0 Å². The van der Waals surface area contributed by atoms with Crippen molar-refractivity contribution in [2.75, 3.05) is 7.11 Å². The molecule has 1 aliphatic rings. The smallest absolute Gasteiger partial charge is 0.124 e. The predicted octanol–water partition coefficient (Wildman–Crippen LogP) is 3.80. The van der Waals surface area contributed by atoms with Gasteiger partial charge in [0.1, 0.15) is 11.5 Å². The van der Waals surface area contributed by atoms with Gasteiger partial charge in [-0.2, -0.15) is 0 Å². The van der Waals surface area contributed by atoms with Gasteiger partial charge in [-0.3, -0.25) is 0 Å². The van der Waals surface area contributed by atoms with E-state index < -0.39 is 0 Å². The minimum Gasteiger partial charge on any atom is -0.507 e. The third kappa shape index (κ3) is 3.06. The van der Waals surface area contributed by atoms with Crippen molar-refractivity contribution in [2.45, 2.75) is 38.8 Å². The maximum atomic E-state index is 10.1.